The number of H-pyrrole nitrogens is 1. The highest BCUT2D eigenvalue weighted by Crippen LogP contribution is 2.22. The Morgan fingerprint density at radius 2 is 2.00 bits per heavy atom. The first-order valence-corrected chi connectivity index (χ1v) is 8.65. The number of hydrogen-bond donors (Lipinski definition) is 1. The van der Waals surface area contributed by atoms with E-state index >= 15 is 0 Å². The molecule has 1 aromatic carbocycles. The number of nitrogens with zero attached hydrogens (tertiary/aromatic N) is 2. The monoisotopic (exact) mass is 325 g/mol. The van der Waals surface area contributed by atoms with Crippen molar-refractivity contribution in [3.63, 3.8) is 0 Å². The van der Waals surface area contributed by atoms with Crippen molar-refractivity contribution >= 4 is 0 Å². The average molecular weight is 325 g/mol. The molecule has 1 aromatic heterocycles. The number of aryl methyl sites for hydroxylation is 1. The summed E-state index contributed by atoms with van der Waals surface area (Å²) in [6.45, 7) is 13.1. The van der Waals surface area contributed by atoms with Gasteiger partial charge in [-0.2, -0.15) is 0 Å². The summed E-state index contributed by atoms with van der Waals surface area (Å²) in [6, 6.07) is 6.47. The lowest BCUT2D eigenvalue weighted by Crippen LogP contribution is -2.36. The molecule has 1 aliphatic rings. The molecule has 0 bridgehead atoms. The number of fused-ring (bicyclic) bond motifs is 1. The predicted molar refractivity (Wildman–Crippen MR) is 97.3 cm³/mol. The standard InChI is InChI=1S/C20H27N3O/c1-13-7-6-8-15(14(13)2)11-23-10-9-16-17(12-23)21-19(20(3,4)5)22-18(16)24/h6-8H,9-12H2,1-5H3,(H,21,22,24). The third kappa shape index (κ3) is 3.29. The SMILES string of the molecule is Cc1cccc(CN2CCc3c(nc(C(C)(C)C)[nH]c3=O)C2)c1C. The van der Waals surface area contributed by atoms with Crippen LogP contribution in [0.15, 0.2) is 23.0 Å². The lowest BCUT2D eigenvalue weighted by Gasteiger charge is -2.29. The average Bonchev–Trinajstić information content (AvgIpc) is 2.50. The van der Waals surface area contributed by atoms with Gasteiger partial charge in [-0.25, -0.2) is 4.98 Å². The van der Waals surface area contributed by atoms with E-state index in [0.29, 0.717) is 0 Å². The number of rotatable bonds is 2. The molecule has 1 N–H and O–H groups in total. The van der Waals surface area contributed by atoms with Gasteiger partial charge in [-0.05, 0) is 37.0 Å². The smallest absolute Gasteiger partial charge is 0.254 e. The molecule has 0 spiro atoms. The summed E-state index contributed by atoms with van der Waals surface area (Å²) in [5, 5.41) is 0. The summed E-state index contributed by atoms with van der Waals surface area (Å²) in [5.74, 6) is 0.778. The second-order valence-electron chi connectivity index (χ2n) is 7.91. The van der Waals surface area contributed by atoms with Crippen molar-refractivity contribution in [1.29, 1.82) is 0 Å². The zero-order valence-corrected chi connectivity index (χ0v) is 15.4. The first kappa shape index (κ1) is 16.9. The van der Waals surface area contributed by atoms with Crippen LogP contribution in [0.3, 0.4) is 0 Å². The molecule has 0 unspecified atom stereocenters. The van der Waals surface area contributed by atoms with E-state index < -0.39 is 0 Å². The molecule has 1 aliphatic heterocycles. The molecule has 0 saturated heterocycles. The topological polar surface area (TPSA) is 49.0 Å². The Bertz CT molecular complexity index is 815. The molecule has 4 nitrogen and oxygen atoms in total. The van der Waals surface area contributed by atoms with Crippen molar-refractivity contribution in [3.8, 4) is 0 Å². The maximum Gasteiger partial charge on any atom is 0.254 e. The highest BCUT2D eigenvalue weighted by molar-refractivity contribution is 5.33. The number of aromatic amines is 1. The van der Waals surface area contributed by atoms with Crippen LogP contribution in [-0.4, -0.2) is 21.4 Å². The number of hydrogen-bond acceptors (Lipinski definition) is 3. The Labute approximate surface area is 143 Å². The lowest BCUT2D eigenvalue weighted by atomic mass is 9.94. The van der Waals surface area contributed by atoms with Crippen molar-refractivity contribution in [1.82, 2.24) is 14.9 Å². The summed E-state index contributed by atoms with van der Waals surface area (Å²) in [6.07, 6.45) is 0.771. The molecular formula is C20H27N3O. The van der Waals surface area contributed by atoms with Crippen LogP contribution < -0.4 is 5.56 Å². The van der Waals surface area contributed by atoms with Gasteiger partial charge in [0, 0.05) is 30.6 Å². The third-order valence-electron chi connectivity index (χ3n) is 4.97. The zero-order valence-electron chi connectivity index (χ0n) is 15.4. The fraction of sp³-hybridized carbons (Fsp3) is 0.500. The maximum atomic E-state index is 12.4. The minimum Gasteiger partial charge on any atom is -0.310 e. The molecule has 128 valence electrons. The van der Waals surface area contributed by atoms with E-state index in [0.717, 1.165) is 43.1 Å². The first-order chi connectivity index (χ1) is 11.3. The molecule has 3 rings (SSSR count). The summed E-state index contributed by atoms with van der Waals surface area (Å²) in [4.78, 5) is 22.5. The third-order valence-corrected chi connectivity index (χ3v) is 4.97. The second-order valence-corrected chi connectivity index (χ2v) is 7.91. The van der Waals surface area contributed by atoms with Crippen molar-refractivity contribution in [2.75, 3.05) is 6.54 Å². The molecule has 0 aliphatic carbocycles. The van der Waals surface area contributed by atoms with E-state index in [-0.39, 0.29) is 11.0 Å². The van der Waals surface area contributed by atoms with Crippen molar-refractivity contribution in [3.05, 3.63) is 62.3 Å². The fourth-order valence-corrected chi connectivity index (χ4v) is 3.21. The Kier molecular flexibility index (Phi) is 4.35. The van der Waals surface area contributed by atoms with E-state index in [1.165, 1.54) is 16.7 Å². The Morgan fingerprint density at radius 1 is 1.25 bits per heavy atom. The summed E-state index contributed by atoms with van der Waals surface area (Å²) in [5.41, 5.74) is 5.74. The van der Waals surface area contributed by atoms with Crippen LogP contribution in [0.5, 0.6) is 0 Å². The van der Waals surface area contributed by atoms with Crippen LogP contribution in [0.25, 0.3) is 0 Å². The molecule has 0 radical (unpaired) electrons. The van der Waals surface area contributed by atoms with Crippen LogP contribution in [0.4, 0.5) is 0 Å². The van der Waals surface area contributed by atoms with Gasteiger partial charge in [-0.3, -0.25) is 9.69 Å². The molecular weight excluding hydrogens is 298 g/mol. The Morgan fingerprint density at radius 3 is 2.71 bits per heavy atom. The van der Waals surface area contributed by atoms with Crippen LogP contribution >= 0.6 is 0 Å². The van der Waals surface area contributed by atoms with E-state index in [1.54, 1.807) is 0 Å². The number of nitrogens with one attached hydrogen (secondary N) is 1. The van der Waals surface area contributed by atoms with E-state index in [1.807, 2.05) is 0 Å². The molecule has 0 amide bonds. The summed E-state index contributed by atoms with van der Waals surface area (Å²) in [7, 11) is 0. The Hall–Kier alpha value is -1.94. The van der Waals surface area contributed by atoms with Gasteiger partial charge >= 0.3 is 0 Å². The molecule has 0 fully saturated rings. The molecule has 4 heteroatoms. The highest BCUT2D eigenvalue weighted by Gasteiger charge is 2.25. The lowest BCUT2D eigenvalue weighted by molar-refractivity contribution is 0.239. The van der Waals surface area contributed by atoms with Gasteiger partial charge in [0.25, 0.3) is 5.56 Å². The van der Waals surface area contributed by atoms with Crippen molar-refractivity contribution < 1.29 is 0 Å². The van der Waals surface area contributed by atoms with Gasteiger partial charge in [0.05, 0.1) is 5.69 Å². The van der Waals surface area contributed by atoms with Gasteiger partial charge in [0.2, 0.25) is 0 Å². The second kappa shape index (κ2) is 6.17. The molecule has 2 aromatic rings. The fourth-order valence-electron chi connectivity index (χ4n) is 3.21. The minimum atomic E-state index is -0.149. The highest BCUT2D eigenvalue weighted by atomic mass is 16.1. The quantitative estimate of drug-likeness (QED) is 0.922. The Balaban J connectivity index is 1.87. The first-order valence-electron chi connectivity index (χ1n) is 8.65. The molecule has 0 atom stereocenters. The molecule has 2 heterocycles. The van der Waals surface area contributed by atoms with Crippen molar-refractivity contribution in [2.45, 2.75) is 59.5 Å². The largest absolute Gasteiger partial charge is 0.310 e. The summed E-state index contributed by atoms with van der Waals surface area (Å²) < 4.78 is 0. The van der Waals surface area contributed by atoms with Crippen molar-refractivity contribution in [2.24, 2.45) is 0 Å². The van der Waals surface area contributed by atoms with Gasteiger partial charge in [0.1, 0.15) is 5.82 Å². The molecule has 0 saturated carbocycles. The normalized spacial score (nSPS) is 15.4. The summed E-state index contributed by atoms with van der Waals surface area (Å²) >= 11 is 0. The van der Waals surface area contributed by atoms with E-state index in [2.05, 4.69) is 62.7 Å². The number of benzene rings is 1. The van der Waals surface area contributed by atoms with Gasteiger partial charge in [-0.15, -0.1) is 0 Å². The van der Waals surface area contributed by atoms with Crippen LogP contribution in [0.2, 0.25) is 0 Å². The van der Waals surface area contributed by atoms with Gasteiger partial charge < -0.3 is 4.98 Å². The number of aromatic nitrogens is 2. The van der Waals surface area contributed by atoms with E-state index in [9.17, 15) is 4.79 Å². The van der Waals surface area contributed by atoms with E-state index in [4.69, 9.17) is 4.98 Å². The minimum absolute atomic E-state index is 0.0383. The van der Waals surface area contributed by atoms with Gasteiger partial charge in [-0.1, -0.05) is 39.0 Å². The van der Waals surface area contributed by atoms with Crippen LogP contribution in [-0.2, 0) is 24.9 Å². The zero-order chi connectivity index (χ0) is 17.5. The molecule has 24 heavy (non-hydrogen) atoms. The maximum absolute atomic E-state index is 12.4. The van der Waals surface area contributed by atoms with Crippen LogP contribution in [0, 0.1) is 13.8 Å². The predicted octanol–water partition coefficient (Wildman–Crippen LogP) is 3.24. The van der Waals surface area contributed by atoms with Crippen LogP contribution in [0.1, 0.15) is 54.5 Å². The van der Waals surface area contributed by atoms with Gasteiger partial charge in [0.15, 0.2) is 0 Å².